The molecule has 1 atom stereocenters. The molecule has 0 saturated heterocycles. The lowest BCUT2D eigenvalue weighted by molar-refractivity contribution is 0.0947. The molecule has 3 rings (SSSR count). The summed E-state index contributed by atoms with van der Waals surface area (Å²) in [6.45, 7) is 2.01. The van der Waals surface area contributed by atoms with Crippen molar-refractivity contribution in [2.45, 2.75) is 13.3 Å². The minimum absolute atomic E-state index is 0.158. The molecule has 74 valence electrons. The quantitative estimate of drug-likeness (QED) is 0.632. The van der Waals surface area contributed by atoms with Gasteiger partial charge in [0.05, 0.1) is 0 Å². The number of carbonyl (C=O) groups is 1. The van der Waals surface area contributed by atoms with Crippen LogP contribution in [-0.4, -0.2) is 5.78 Å². The van der Waals surface area contributed by atoms with Gasteiger partial charge in [0.15, 0.2) is 5.78 Å². The first-order valence-electron chi connectivity index (χ1n) is 5.32. The number of ketones is 1. The Hall–Kier alpha value is -1.63. The molecule has 1 aliphatic rings. The minimum Gasteiger partial charge on any atom is -0.294 e. The van der Waals surface area contributed by atoms with Gasteiger partial charge in [-0.3, -0.25) is 4.79 Å². The third-order valence-corrected chi connectivity index (χ3v) is 3.24. The molecule has 1 heteroatoms. The molecule has 0 amide bonds. The Bertz CT molecular complexity index is 554. The second kappa shape index (κ2) is 2.93. The fourth-order valence-corrected chi connectivity index (χ4v) is 2.45. The fraction of sp³-hybridized carbons (Fsp3) is 0.214. The van der Waals surface area contributed by atoms with Crippen molar-refractivity contribution in [1.82, 2.24) is 0 Å². The summed E-state index contributed by atoms with van der Waals surface area (Å²) in [5.74, 6) is 0.465. The Morgan fingerprint density at radius 1 is 1.13 bits per heavy atom. The van der Waals surface area contributed by atoms with Gasteiger partial charge in [-0.1, -0.05) is 43.3 Å². The molecule has 1 aliphatic carbocycles. The van der Waals surface area contributed by atoms with E-state index in [1.54, 1.807) is 0 Å². The van der Waals surface area contributed by atoms with Crippen molar-refractivity contribution in [2.24, 2.45) is 5.92 Å². The summed E-state index contributed by atoms with van der Waals surface area (Å²) in [5, 5.41) is 2.28. The van der Waals surface area contributed by atoms with E-state index in [4.69, 9.17) is 0 Å². The zero-order valence-electron chi connectivity index (χ0n) is 8.66. The molecule has 1 nitrogen and oxygen atoms in total. The van der Waals surface area contributed by atoms with Gasteiger partial charge in [0.25, 0.3) is 0 Å². The molecule has 0 aliphatic heterocycles. The zero-order valence-corrected chi connectivity index (χ0v) is 8.66. The highest BCUT2D eigenvalue weighted by molar-refractivity contribution is 6.12. The standard InChI is InChI=1S/C14H12O/c1-9-8-11-7-6-10-4-2-3-5-12(10)13(11)14(9)15/h2-7,9H,8H2,1H3/t9-/m1/s1. The zero-order chi connectivity index (χ0) is 10.4. The number of Topliss-reactive ketones (excluding diaryl/α,β-unsaturated/α-hetero) is 1. The van der Waals surface area contributed by atoms with Gasteiger partial charge in [0.1, 0.15) is 0 Å². The molecular formula is C14H12O. The molecule has 0 spiro atoms. The van der Waals surface area contributed by atoms with E-state index in [1.807, 2.05) is 25.1 Å². The van der Waals surface area contributed by atoms with Crippen LogP contribution in [-0.2, 0) is 6.42 Å². The van der Waals surface area contributed by atoms with Crippen LogP contribution in [0.15, 0.2) is 36.4 Å². The van der Waals surface area contributed by atoms with Gasteiger partial charge in [-0.25, -0.2) is 0 Å². The van der Waals surface area contributed by atoms with Crippen LogP contribution in [0, 0.1) is 5.92 Å². The van der Waals surface area contributed by atoms with Crippen LogP contribution in [0.2, 0.25) is 0 Å². The first-order valence-corrected chi connectivity index (χ1v) is 5.32. The number of carbonyl (C=O) groups excluding carboxylic acids is 1. The van der Waals surface area contributed by atoms with Gasteiger partial charge in [-0.2, -0.15) is 0 Å². The van der Waals surface area contributed by atoms with Crippen molar-refractivity contribution in [3.05, 3.63) is 47.5 Å². The van der Waals surface area contributed by atoms with Gasteiger partial charge in [0.2, 0.25) is 0 Å². The van der Waals surface area contributed by atoms with Crippen LogP contribution in [0.1, 0.15) is 22.8 Å². The Balaban J connectivity index is 2.41. The predicted molar refractivity (Wildman–Crippen MR) is 61.1 cm³/mol. The van der Waals surface area contributed by atoms with Crippen molar-refractivity contribution < 1.29 is 4.79 Å². The normalized spacial score (nSPS) is 19.5. The molecule has 2 aromatic rings. The lowest BCUT2D eigenvalue weighted by atomic mass is 10.0. The van der Waals surface area contributed by atoms with Gasteiger partial charge in [-0.15, -0.1) is 0 Å². The average Bonchev–Trinajstić information content (AvgIpc) is 2.55. The summed E-state index contributed by atoms with van der Waals surface area (Å²) in [5.41, 5.74) is 2.17. The molecule has 0 heterocycles. The van der Waals surface area contributed by atoms with E-state index in [9.17, 15) is 4.79 Å². The molecule has 0 radical (unpaired) electrons. The molecule has 0 aromatic heterocycles. The van der Waals surface area contributed by atoms with Gasteiger partial charge in [0, 0.05) is 11.5 Å². The lowest BCUT2D eigenvalue weighted by Gasteiger charge is -2.03. The lowest BCUT2D eigenvalue weighted by Crippen LogP contribution is -2.03. The van der Waals surface area contributed by atoms with Crippen LogP contribution in [0.5, 0.6) is 0 Å². The van der Waals surface area contributed by atoms with E-state index in [-0.39, 0.29) is 5.92 Å². The largest absolute Gasteiger partial charge is 0.294 e. The Kier molecular flexibility index (Phi) is 1.69. The second-order valence-corrected chi connectivity index (χ2v) is 4.29. The molecule has 0 unspecified atom stereocenters. The van der Waals surface area contributed by atoms with E-state index < -0.39 is 0 Å². The highest BCUT2D eigenvalue weighted by Crippen LogP contribution is 2.32. The smallest absolute Gasteiger partial charge is 0.166 e. The number of hydrogen-bond donors (Lipinski definition) is 0. The van der Waals surface area contributed by atoms with Crippen molar-refractivity contribution in [3.63, 3.8) is 0 Å². The molecule has 0 fully saturated rings. The summed E-state index contributed by atoms with van der Waals surface area (Å²) in [7, 11) is 0. The van der Waals surface area contributed by atoms with Gasteiger partial charge >= 0.3 is 0 Å². The van der Waals surface area contributed by atoms with E-state index in [0.717, 1.165) is 17.4 Å². The van der Waals surface area contributed by atoms with Crippen molar-refractivity contribution in [3.8, 4) is 0 Å². The number of benzene rings is 2. The third kappa shape index (κ3) is 1.13. The first kappa shape index (κ1) is 8.66. The molecule has 2 aromatic carbocycles. The summed E-state index contributed by atoms with van der Waals surface area (Å²) < 4.78 is 0. The molecule has 0 saturated carbocycles. The molecular weight excluding hydrogens is 184 g/mol. The molecule has 0 N–H and O–H groups in total. The first-order chi connectivity index (χ1) is 7.27. The van der Waals surface area contributed by atoms with E-state index in [1.165, 1.54) is 10.9 Å². The summed E-state index contributed by atoms with van der Waals surface area (Å²) in [4.78, 5) is 12.0. The van der Waals surface area contributed by atoms with Crippen molar-refractivity contribution in [2.75, 3.05) is 0 Å². The number of hydrogen-bond acceptors (Lipinski definition) is 1. The molecule has 15 heavy (non-hydrogen) atoms. The average molecular weight is 196 g/mol. The van der Waals surface area contributed by atoms with Crippen LogP contribution in [0.25, 0.3) is 10.8 Å². The van der Waals surface area contributed by atoms with Gasteiger partial charge in [-0.05, 0) is 22.8 Å². The number of rotatable bonds is 0. The maximum absolute atomic E-state index is 12.0. The van der Waals surface area contributed by atoms with Crippen LogP contribution in [0.3, 0.4) is 0 Å². The summed E-state index contributed by atoms with van der Waals surface area (Å²) >= 11 is 0. The highest BCUT2D eigenvalue weighted by atomic mass is 16.1. The SMILES string of the molecule is C[C@@H]1Cc2ccc3ccccc3c2C1=O. The van der Waals surface area contributed by atoms with Gasteiger partial charge < -0.3 is 0 Å². The summed E-state index contributed by atoms with van der Waals surface area (Å²) in [6.07, 6.45) is 0.902. The number of fused-ring (bicyclic) bond motifs is 3. The maximum atomic E-state index is 12.0. The van der Waals surface area contributed by atoms with E-state index in [2.05, 4.69) is 18.2 Å². The van der Waals surface area contributed by atoms with Crippen molar-refractivity contribution in [1.29, 1.82) is 0 Å². The topological polar surface area (TPSA) is 17.1 Å². The monoisotopic (exact) mass is 196 g/mol. The third-order valence-electron chi connectivity index (χ3n) is 3.24. The van der Waals surface area contributed by atoms with Crippen molar-refractivity contribution >= 4 is 16.6 Å². The fourth-order valence-electron chi connectivity index (χ4n) is 2.45. The maximum Gasteiger partial charge on any atom is 0.166 e. The Labute approximate surface area is 88.7 Å². The van der Waals surface area contributed by atoms with Crippen LogP contribution >= 0.6 is 0 Å². The van der Waals surface area contributed by atoms with E-state index >= 15 is 0 Å². The Morgan fingerprint density at radius 2 is 1.93 bits per heavy atom. The summed E-state index contributed by atoms with van der Waals surface area (Å²) in [6, 6.07) is 12.3. The van der Waals surface area contributed by atoms with Crippen LogP contribution in [0.4, 0.5) is 0 Å². The highest BCUT2D eigenvalue weighted by Gasteiger charge is 2.28. The van der Waals surface area contributed by atoms with Crippen LogP contribution < -0.4 is 0 Å². The Morgan fingerprint density at radius 3 is 2.80 bits per heavy atom. The second-order valence-electron chi connectivity index (χ2n) is 4.29. The minimum atomic E-state index is 0.158. The predicted octanol–water partition coefficient (Wildman–Crippen LogP) is 3.21. The van der Waals surface area contributed by atoms with E-state index in [0.29, 0.717) is 5.78 Å². The molecule has 0 bridgehead atoms.